The van der Waals surface area contributed by atoms with Crippen molar-refractivity contribution in [1.29, 1.82) is 0 Å². The number of nitrogens with zero attached hydrogens (tertiary/aromatic N) is 1. The molecule has 2 N–H and O–H groups in total. The Kier molecular flexibility index (Phi) is 3.90. The van der Waals surface area contributed by atoms with E-state index >= 15 is 0 Å². The lowest BCUT2D eigenvalue weighted by atomic mass is 10.3. The van der Waals surface area contributed by atoms with Crippen molar-refractivity contribution >= 4 is 60.0 Å². The SMILES string of the molecule is Nc1nc2ccc(OS(=O)(=O)c3c(Cl)cccc3Cl)cc2s1. The number of benzene rings is 2. The van der Waals surface area contributed by atoms with Crippen LogP contribution in [-0.4, -0.2) is 13.4 Å². The third-order valence-corrected chi connectivity index (χ3v) is 5.80. The van der Waals surface area contributed by atoms with E-state index in [4.69, 9.17) is 33.1 Å². The molecule has 1 heterocycles. The zero-order valence-electron chi connectivity index (χ0n) is 10.8. The summed E-state index contributed by atoms with van der Waals surface area (Å²) in [6.45, 7) is 0. The first-order valence-electron chi connectivity index (χ1n) is 5.91. The lowest BCUT2D eigenvalue weighted by molar-refractivity contribution is 0.486. The Labute approximate surface area is 140 Å². The van der Waals surface area contributed by atoms with Crippen LogP contribution in [0.2, 0.25) is 10.0 Å². The van der Waals surface area contributed by atoms with Gasteiger partial charge in [-0.25, -0.2) is 4.98 Å². The Hall–Kier alpha value is -1.54. The minimum Gasteiger partial charge on any atom is -0.379 e. The highest BCUT2D eigenvalue weighted by Gasteiger charge is 2.24. The van der Waals surface area contributed by atoms with E-state index < -0.39 is 10.1 Å². The van der Waals surface area contributed by atoms with Crippen LogP contribution in [0.4, 0.5) is 5.13 Å². The molecular formula is C13H8Cl2N2O3S2. The number of anilines is 1. The Balaban J connectivity index is 2.02. The topological polar surface area (TPSA) is 82.3 Å². The normalized spacial score (nSPS) is 11.7. The second-order valence-electron chi connectivity index (χ2n) is 4.27. The number of nitrogens with two attached hydrogens (primary N) is 1. The van der Waals surface area contributed by atoms with Gasteiger partial charge in [0.2, 0.25) is 0 Å². The van der Waals surface area contributed by atoms with Gasteiger partial charge in [0, 0.05) is 6.07 Å². The van der Waals surface area contributed by atoms with Gasteiger partial charge in [0.15, 0.2) is 5.13 Å². The number of halogens is 2. The van der Waals surface area contributed by atoms with E-state index in [2.05, 4.69) is 4.98 Å². The molecule has 3 rings (SSSR count). The van der Waals surface area contributed by atoms with Crippen LogP contribution in [0.5, 0.6) is 5.75 Å². The van der Waals surface area contributed by atoms with Crippen LogP contribution in [0.25, 0.3) is 10.2 Å². The third kappa shape index (κ3) is 2.85. The molecule has 0 saturated carbocycles. The molecule has 0 bridgehead atoms. The predicted molar refractivity (Wildman–Crippen MR) is 88.3 cm³/mol. The lowest BCUT2D eigenvalue weighted by Crippen LogP contribution is -2.11. The standard InChI is InChI=1S/C13H8Cl2N2O3S2/c14-8-2-1-3-9(15)12(8)22(18,19)20-7-4-5-10-11(6-7)21-13(16)17-10/h1-6H,(H2,16,17). The summed E-state index contributed by atoms with van der Waals surface area (Å²) in [6.07, 6.45) is 0. The van der Waals surface area contributed by atoms with Gasteiger partial charge < -0.3 is 9.92 Å². The second-order valence-corrected chi connectivity index (χ2v) is 7.63. The van der Waals surface area contributed by atoms with Crippen LogP contribution in [0.1, 0.15) is 0 Å². The van der Waals surface area contributed by atoms with E-state index in [1.54, 1.807) is 18.2 Å². The maximum atomic E-state index is 12.4. The number of hydrogen-bond acceptors (Lipinski definition) is 6. The molecule has 0 aliphatic carbocycles. The summed E-state index contributed by atoms with van der Waals surface area (Å²) in [5, 5.41) is 0.385. The molecule has 0 unspecified atom stereocenters. The number of rotatable bonds is 3. The zero-order chi connectivity index (χ0) is 15.9. The Morgan fingerprint density at radius 3 is 2.50 bits per heavy atom. The van der Waals surface area contributed by atoms with Gasteiger partial charge in [-0.2, -0.15) is 8.42 Å². The Morgan fingerprint density at radius 1 is 1.14 bits per heavy atom. The quantitative estimate of drug-likeness (QED) is 0.701. The molecule has 0 radical (unpaired) electrons. The molecule has 1 aromatic heterocycles. The minimum atomic E-state index is -4.15. The number of hydrogen-bond donors (Lipinski definition) is 1. The van der Waals surface area contributed by atoms with Gasteiger partial charge in [0.05, 0.1) is 20.3 Å². The molecule has 9 heteroatoms. The molecule has 0 aliphatic heterocycles. The van der Waals surface area contributed by atoms with E-state index in [-0.39, 0.29) is 20.7 Å². The van der Waals surface area contributed by atoms with E-state index in [0.29, 0.717) is 10.6 Å². The first-order chi connectivity index (χ1) is 10.4. The van der Waals surface area contributed by atoms with Crippen LogP contribution in [-0.2, 0) is 10.1 Å². The fraction of sp³-hybridized carbons (Fsp3) is 0. The minimum absolute atomic E-state index is 0.00406. The monoisotopic (exact) mass is 374 g/mol. The van der Waals surface area contributed by atoms with Crippen LogP contribution < -0.4 is 9.92 Å². The van der Waals surface area contributed by atoms with Crippen LogP contribution >= 0.6 is 34.5 Å². The van der Waals surface area contributed by atoms with Crippen LogP contribution in [0.15, 0.2) is 41.3 Å². The molecule has 3 aromatic rings. The van der Waals surface area contributed by atoms with E-state index in [0.717, 1.165) is 4.70 Å². The van der Waals surface area contributed by atoms with Crippen molar-refractivity contribution in [3.05, 3.63) is 46.4 Å². The Bertz CT molecular complexity index is 950. The van der Waals surface area contributed by atoms with Crippen molar-refractivity contribution in [2.45, 2.75) is 4.90 Å². The maximum Gasteiger partial charge on any atom is 0.342 e. The summed E-state index contributed by atoms with van der Waals surface area (Å²) in [4.78, 5) is 3.82. The molecule has 0 aliphatic rings. The fourth-order valence-electron chi connectivity index (χ4n) is 1.86. The van der Waals surface area contributed by atoms with Crippen molar-refractivity contribution in [2.24, 2.45) is 0 Å². The van der Waals surface area contributed by atoms with Gasteiger partial charge >= 0.3 is 10.1 Å². The number of thiazole rings is 1. The summed E-state index contributed by atoms with van der Waals surface area (Å²) >= 11 is 13.1. The third-order valence-electron chi connectivity index (χ3n) is 2.75. The molecule has 0 spiro atoms. The molecule has 2 aromatic carbocycles. The van der Waals surface area contributed by atoms with E-state index in [9.17, 15) is 8.42 Å². The van der Waals surface area contributed by atoms with Crippen molar-refractivity contribution in [2.75, 3.05) is 5.73 Å². The summed E-state index contributed by atoms with van der Waals surface area (Å²) in [5.41, 5.74) is 6.28. The summed E-state index contributed by atoms with van der Waals surface area (Å²) in [5.74, 6) is 0.132. The van der Waals surface area contributed by atoms with Gasteiger partial charge in [-0.05, 0) is 24.3 Å². The molecule has 114 valence electrons. The average Bonchev–Trinajstić information content (AvgIpc) is 2.77. The highest BCUT2D eigenvalue weighted by atomic mass is 35.5. The van der Waals surface area contributed by atoms with Gasteiger partial charge in [-0.3, -0.25) is 0 Å². The van der Waals surface area contributed by atoms with Crippen molar-refractivity contribution in [3.63, 3.8) is 0 Å². The summed E-state index contributed by atoms with van der Waals surface area (Å²) < 4.78 is 30.5. The molecule has 0 amide bonds. The van der Waals surface area contributed by atoms with Crippen molar-refractivity contribution in [3.8, 4) is 5.75 Å². The highest BCUT2D eigenvalue weighted by molar-refractivity contribution is 7.87. The van der Waals surface area contributed by atoms with Crippen molar-refractivity contribution < 1.29 is 12.6 Å². The molecule has 22 heavy (non-hydrogen) atoms. The van der Waals surface area contributed by atoms with Gasteiger partial charge in [-0.1, -0.05) is 40.6 Å². The van der Waals surface area contributed by atoms with Gasteiger partial charge in [-0.15, -0.1) is 0 Å². The Morgan fingerprint density at radius 2 is 1.82 bits per heavy atom. The van der Waals surface area contributed by atoms with Crippen molar-refractivity contribution in [1.82, 2.24) is 4.98 Å². The summed E-state index contributed by atoms with van der Waals surface area (Å²) in [7, 11) is -4.15. The fourth-order valence-corrected chi connectivity index (χ4v) is 4.65. The van der Waals surface area contributed by atoms with E-state index in [1.165, 1.54) is 29.5 Å². The van der Waals surface area contributed by atoms with Crippen LogP contribution in [0.3, 0.4) is 0 Å². The number of aromatic nitrogens is 1. The van der Waals surface area contributed by atoms with Gasteiger partial charge in [0.1, 0.15) is 10.6 Å². The first kappa shape index (κ1) is 15.4. The molecule has 0 saturated heterocycles. The molecule has 5 nitrogen and oxygen atoms in total. The average molecular weight is 375 g/mol. The highest BCUT2D eigenvalue weighted by Crippen LogP contribution is 2.33. The van der Waals surface area contributed by atoms with E-state index in [1.807, 2.05) is 0 Å². The van der Waals surface area contributed by atoms with Gasteiger partial charge in [0.25, 0.3) is 0 Å². The molecule has 0 fully saturated rings. The summed E-state index contributed by atoms with van der Waals surface area (Å²) in [6, 6.07) is 9.07. The second kappa shape index (κ2) is 5.58. The smallest absolute Gasteiger partial charge is 0.342 e. The van der Waals surface area contributed by atoms with Crippen LogP contribution in [0, 0.1) is 0 Å². The zero-order valence-corrected chi connectivity index (χ0v) is 13.9. The molecular weight excluding hydrogens is 367 g/mol. The number of nitrogen functional groups attached to an aromatic ring is 1. The molecule has 0 atom stereocenters. The largest absolute Gasteiger partial charge is 0.379 e. The predicted octanol–water partition coefficient (Wildman–Crippen LogP) is 3.95. The first-order valence-corrected chi connectivity index (χ1v) is 8.89. The number of fused-ring (bicyclic) bond motifs is 1. The maximum absolute atomic E-state index is 12.4. The lowest BCUT2D eigenvalue weighted by Gasteiger charge is -2.09.